The van der Waals surface area contributed by atoms with E-state index in [1.54, 1.807) is 0 Å². The van der Waals surface area contributed by atoms with E-state index in [-0.39, 0.29) is 5.54 Å². The van der Waals surface area contributed by atoms with Gasteiger partial charge in [-0.1, -0.05) is 13.0 Å². The molecule has 0 saturated heterocycles. The van der Waals surface area contributed by atoms with Gasteiger partial charge in [-0.2, -0.15) is 0 Å². The van der Waals surface area contributed by atoms with E-state index >= 15 is 0 Å². The third-order valence-electron chi connectivity index (χ3n) is 3.26. The van der Waals surface area contributed by atoms with Gasteiger partial charge >= 0.3 is 0 Å². The minimum absolute atomic E-state index is 0.217. The molecule has 0 amide bonds. The zero-order valence-electron chi connectivity index (χ0n) is 11.2. The summed E-state index contributed by atoms with van der Waals surface area (Å²) in [7, 11) is 0. The van der Waals surface area contributed by atoms with Crippen LogP contribution >= 0.6 is 11.3 Å². The highest BCUT2D eigenvalue weighted by atomic mass is 32.1. The fraction of sp³-hybridized carbons (Fsp3) is 0.714. The summed E-state index contributed by atoms with van der Waals surface area (Å²) in [6, 6.07) is 5.23. The molecule has 1 aromatic heterocycles. The van der Waals surface area contributed by atoms with Crippen LogP contribution in [0.2, 0.25) is 0 Å². The maximum atomic E-state index is 3.58. The van der Waals surface area contributed by atoms with Crippen LogP contribution in [0.3, 0.4) is 0 Å². The first-order chi connectivity index (χ1) is 8.11. The number of likely N-dealkylation sites (N-methyl/N-ethyl adjacent to an activating group) is 1. The summed E-state index contributed by atoms with van der Waals surface area (Å²) >= 11 is 1.87. The van der Waals surface area contributed by atoms with Gasteiger partial charge in [-0.15, -0.1) is 11.3 Å². The highest BCUT2D eigenvalue weighted by Crippen LogP contribution is 2.30. The van der Waals surface area contributed by atoms with Crippen molar-refractivity contribution >= 4 is 11.3 Å². The van der Waals surface area contributed by atoms with Crippen LogP contribution in [0.15, 0.2) is 17.5 Å². The Labute approximate surface area is 109 Å². The Bertz CT molecular complexity index is 328. The fourth-order valence-electron chi connectivity index (χ4n) is 2.40. The van der Waals surface area contributed by atoms with Gasteiger partial charge in [0.15, 0.2) is 0 Å². The van der Waals surface area contributed by atoms with E-state index in [1.165, 1.54) is 17.7 Å². The number of thiophene rings is 1. The molecule has 3 heteroatoms. The second kappa shape index (κ2) is 5.51. The van der Waals surface area contributed by atoms with Crippen molar-refractivity contribution in [3.63, 3.8) is 0 Å². The number of rotatable bonds is 7. The summed E-state index contributed by atoms with van der Waals surface area (Å²) in [5.74, 6) is 0. The average Bonchev–Trinajstić information content (AvgIpc) is 2.97. The smallest absolute Gasteiger partial charge is 0.0331 e. The first-order valence-electron chi connectivity index (χ1n) is 6.62. The van der Waals surface area contributed by atoms with Crippen LogP contribution in [0.5, 0.6) is 0 Å². The lowest BCUT2D eigenvalue weighted by atomic mass is 10.0. The lowest BCUT2D eigenvalue weighted by molar-refractivity contribution is 0.188. The molecular weight excluding hydrogens is 228 g/mol. The minimum Gasteiger partial charge on any atom is -0.311 e. The molecular formula is C14H24N2S. The number of nitrogens with zero attached hydrogens (tertiary/aromatic N) is 1. The van der Waals surface area contributed by atoms with Crippen LogP contribution in [0, 0.1) is 0 Å². The molecule has 0 bridgehead atoms. The SMILES string of the molecule is CCNC(C)(C)CN(Cc1cccs1)C1CC1. The van der Waals surface area contributed by atoms with Crippen LogP contribution in [-0.2, 0) is 6.54 Å². The monoisotopic (exact) mass is 252 g/mol. The molecule has 1 saturated carbocycles. The molecule has 17 heavy (non-hydrogen) atoms. The summed E-state index contributed by atoms with van der Waals surface area (Å²) in [6.07, 6.45) is 2.77. The summed E-state index contributed by atoms with van der Waals surface area (Å²) in [5.41, 5.74) is 0.217. The molecule has 1 aromatic rings. The second-order valence-electron chi connectivity index (χ2n) is 5.63. The van der Waals surface area contributed by atoms with Gasteiger partial charge in [0.2, 0.25) is 0 Å². The lowest BCUT2D eigenvalue weighted by Crippen LogP contribution is -2.49. The average molecular weight is 252 g/mol. The van der Waals surface area contributed by atoms with Crippen molar-refractivity contribution in [1.29, 1.82) is 0 Å². The highest BCUT2D eigenvalue weighted by Gasteiger charge is 2.32. The molecule has 0 aliphatic heterocycles. The van der Waals surface area contributed by atoms with Gasteiger partial charge in [-0.05, 0) is 44.7 Å². The van der Waals surface area contributed by atoms with Crippen LogP contribution in [0.4, 0.5) is 0 Å². The molecule has 2 nitrogen and oxygen atoms in total. The van der Waals surface area contributed by atoms with Crippen molar-refractivity contribution in [3.05, 3.63) is 22.4 Å². The van der Waals surface area contributed by atoms with Crippen LogP contribution < -0.4 is 5.32 Å². The van der Waals surface area contributed by atoms with E-state index in [1.807, 2.05) is 11.3 Å². The molecule has 2 rings (SSSR count). The molecule has 0 unspecified atom stereocenters. The van der Waals surface area contributed by atoms with E-state index in [0.29, 0.717) is 0 Å². The maximum Gasteiger partial charge on any atom is 0.0331 e. The fourth-order valence-corrected chi connectivity index (χ4v) is 3.13. The van der Waals surface area contributed by atoms with E-state index in [9.17, 15) is 0 Å². The van der Waals surface area contributed by atoms with Crippen molar-refractivity contribution in [2.45, 2.75) is 51.7 Å². The highest BCUT2D eigenvalue weighted by molar-refractivity contribution is 7.09. The zero-order valence-corrected chi connectivity index (χ0v) is 12.0. The molecule has 1 heterocycles. The van der Waals surface area contributed by atoms with Gasteiger partial charge < -0.3 is 5.32 Å². The predicted octanol–water partition coefficient (Wildman–Crippen LogP) is 3.10. The Kier molecular flexibility index (Phi) is 4.23. The van der Waals surface area contributed by atoms with Crippen molar-refractivity contribution in [1.82, 2.24) is 10.2 Å². The Morgan fingerprint density at radius 2 is 2.24 bits per heavy atom. The Balaban J connectivity index is 1.93. The van der Waals surface area contributed by atoms with E-state index in [4.69, 9.17) is 0 Å². The minimum atomic E-state index is 0.217. The molecule has 0 radical (unpaired) electrons. The summed E-state index contributed by atoms with van der Waals surface area (Å²) < 4.78 is 0. The van der Waals surface area contributed by atoms with E-state index in [0.717, 1.165) is 25.7 Å². The number of hydrogen-bond donors (Lipinski definition) is 1. The topological polar surface area (TPSA) is 15.3 Å². The maximum absolute atomic E-state index is 3.58. The van der Waals surface area contributed by atoms with Gasteiger partial charge in [0.05, 0.1) is 0 Å². The number of nitrogens with one attached hydrogen (secondary N) is 1. The van der Waals surface area contributed by atoms with Gasteiger partial charge in [0.1, 0.15) is 0 Å². The van der Waals surface area contributed by atoms with Crippen LogP contribution in [0.25, 0.3) is 0 Å². The predicted molar refractivity (Wildman–Crippen MR) is 75.5 cm³/mol. The quantitative estimate of drug-likeness (QED) is 0.802. The third kappa shape index (κ3) is 4.09. The molecule has 1 aliphatic rings. The summed E-state index contributed by atoms with van der Waals surface area (Å²) in [5, 5.41) is 5.75. The molecule has 0 aromatic carbocycles. The van der Waals surface area contributed by atoms with Gasteiger partial charge in [-0.3, -0.25) is 4.90 Å². The summed E-state index contributed by atoms with van der Waals surface area (Å²) in [6.45, 7) is 10.1. The molecule has 0 atom stereocenters. The largest absolute Gasteiger partial charge is 0.311 e. The van der Waals surface area contributed by atoms with Gasteiger partial charge in [-0.25, -0.2) is 0 Å². The second-order valence-corrected chi connectivity index (χ2v) is 6.66. The van der Waals surface area contributed by atoms with E-state index in [2.05, 4.69) is 48.5 Å². The molecule has 96 valence electrons. The van der Waals surface area contributed by atoms with Crippen LogP contribution in [0.1, 0.15) is 38.5 Å². The normalized spacial score (nSPS) is 16.7. The van der Waals surface area contributed by atoms with Gasteiger partial charge in [0, 0.05) is 29.5 Å². The Morgan fingerprint density at radius 3 is 2.76 bits per heavy atom. The van der Waals surface area contributed by atoms with Crippen LogP contribution in [-0.4, -0.2) is 29.6 Å². The standard InChI is InChI=1S/C14H24N2S/c1-4-15-14(2,3)11-16(12-7-8-12)10-13-6-5-9-17-13/h5-6,9,12,15H,4,7-8,10-11H2,1-3H3. The Hall–Kier alpha value is -0.380. The lowest BCUT2D eigenvalue weighted by Gasteiger charge is -2.33. The number of hydrogen-bond acceptors (Lipinski definition) is 3. The Morgan fingerprint density at radius 1 is 1.47 bits per heavy atom. The van der Waals surface area contributed by atoms with Crippen molar-refractivity contribution in [3.8, 4) is 0 Å². The summed E-state index contributed by atoms with van der Waals surface area (Å²) in [4.78, 5) is 4.14. The molecule has 0 spiro atoms. The van der Waals surface area contributed by atoms with E-state index < -0.39 is 0 Å². The third-order valence-corrected chi connectivity index (χ3v) is 4.12. The first kappa shape index (κ1) is 13.1. The van der Waals surface area contributed by atoms with Crippen molar-refractivity contribution in [2.75, 3.05) is 13.1 Å². The first-order valence-corrected chi connectivity index (χ1v) is 7.50. The van der Waals surface area contributed by atoms with Gasteiger partial charge in [0.25, 0.3) is 0 Å². The molecule has 1 aliphatic carbocycles. The molecule has 1 fully saturated rings. The molecule has 1 N–H and O–H groups in total. The zero-order chi connectivity index (χ0) is 12.3. The van der Waals surface area contributed by atoms with Crippen molar-refractivity contribution < 1.29 is 0 Å². The van der Waals surface area contributed by atoms with Crippen molar-refractivity contribution in [2.24, 2.45) is 0 Å².